The molecular weight excluding hydrogens is 264 g/mol. The highest BCUT2D eigenvalue weighted by atomic mass is 35.5. The first-order valence-corrected chi connectivity index (χ1v) is 6.16. The molecule has 0 bridgehead atoms. The van der Waals surface area contributed by atoms with Gasteiger partial charge in [-0.25, -0.2) is 5.01 Å². The number of carbonyl (C=O) groups excluding carboxylic acids is 2. The standard InChI is InChI=1S/C14H17ClN2O2/c1-5-12(18)16-17(14(2,3)4)13(19)10-6-8-11(15)9-7-10/h5-9H,1H2,2-4H3,(H,16,18). The van der Waals surface area contributed by atoms with Crippen LogP contribution >= 0.6 is 11.6 Å². The Morgan fingerprint density at radius 1 is 1.26 bits per heavy atom. The molecule has 19 heavy (non-hydrogen) atoms. The van der Waals surface area contributed by atoms with Crippen LogP contribution in [-0.2, 0) is 4.79 Å². The maximum absolute atomic E-state index is 12.4. The number of nitrogens with one attached hydrogen (secondary N) is 1. The first-order chi connectivity index (χ1) is 8.75. The highest BCUT2D eigenvalue weighted by Crippen LogP contribution is 2.17. The Morgan fingerprint density at radius 3 is 2.21 bits per heavy atom. The zero-order valence-corrected chi connectivity index (χ0v) is 12.0. The van der Waals surface area contributed by atoms with Crippen LogP contribution in [0.3, 0.4) is 0 Å². The third kappa shape index (κ3) is 4.10. The molecule has 0 aliphatic heterocycles. The van der Waals surface area contributed by atoms with E-state index in [1.165, 1.54) is 5.01 Å². The Balaban J connectivity index is 3.04. The van der Waals surface area contributed by atoms with E-state index in [9.17, 15) is 9.59 Å². The van der Waals surface area contributed by atoms with Gasteiger partial charge in [0.05, 0.1) is 5.54 Å². The summed E-state index contributed by atoms with van der Waals surface area (Å²) in [6, 6.07) is 6.49. The highest BCUT2D eigenvalue weighted by Gasteiger charge is 2.28. The monoisotopic (exact) mass is 280 g/mol. The molecule has 0 aliphatic carbocycles. The van der Waals surface area contributed by atoms with E-state index >= 15 is 0 Å². The van der Waals surface area contributed by atoms with E-state index in [4.69, 9.17) is 11.6 Å². The number of hydrogen-bond acceptors (Lipinski definition) is 2. The summed E-state index contributed by atoms with van der Waals surface area (Å²) in [5, 5.41) is 1.83. The zero-order valence-electron chi connectivity index (χ0n) is 11.2. The number of hydrogen-bond donors (Lipinski definition) is 1. The fourth-order valence-electron chi connectivity index (χ4n) is 1.40. The van der Waals surface area contributed by atoms with Crippen LogP contribution in [0.4, 0.5) is 0 Å². The van der Waals surface area contributed by atoms with Gasteiger partial charge in [0.1, 0.15) is 0 Å². The number of amides is 2. The van der Waals surface area contributed by atoms with Crippen molar-refractivity contribution in [2.75, 3.05) is 0 Å². The Bertz CT molecular complexity index is 489. The molecule has 0 heterocycles. The van der Waals surface area contributed by atoms with Crippen molar-refractivity contribution in [1.29, 1.82) is 0 Å². The van der Waals surface area contributed by atoms with Gasteiger partial charge in [0.25, 0.3) is 11.8 Å². The lowest BCUT2D eigenvalue weighted by Crippen LogP contribution is -2.55. The van der Waals surface area contributed by atoms with Crippen molar-refractivity contribution in [2.45, 2.75) is 26.3 Å². The number of rotatable bonds is 2. The second-order valence-corrected chi connectivity index (χ2v) is 5.43. The molecule has 1 N–H and O–H groups in total. The van der Waals surface area contributed by atoms with Crippen molar-refractivity contribution in [2.24, 2.45) is 0 Å². The lowest BCUT2D eigenvalue weighted by molar-refractivity contribution is -0.122. The van der Waals surface area contributed by atoms with Crippen LogP contribution in [0.1, 0.15) is 31.1 Å². The van der Waals surface area contributed by atoms with Gasteiger partial charge >= 0.3 is 0 Å². The quantitative estimate of drug-likeness (QED) is 0.669. The molecule has 102 valence electrons. The Morgan fingerprint density at radius 2 is 1.79 bits per heavy atom. The number of nitrogens with zero attached hydrogens (tertiary/aromatic N) is 1. The predicted octanol–water partition coefficient (Wildman–Crippen LogP) is 2.80. The third-order valence-corrected chi connectivity index (χ3v) is 2.62. The minimum absolute atomic E-state index is 0.306. The minimum atomic E-state index is -0.560. The summed E-state index contributed by atoms with van der Waals surface area (Å²) in [4.78, 5) is 23.8. The smallest absolute Gasteiger partial charge is 0.268 e. The van der Waals surface area contributed by atoms with Crippen molar-refractivity contribution in [3.05, 3.63) is 47.5 Å². The van der Waals surface area contributed by atoms with Gasteiger partial charge < -0.3 is 0 Å². The van der Waals surface area contributed by atoms with E-state index in [1.807, 2.05) is 20.8 Å². The summed E-state index contributed by atoms with van der Waals surface area (Å²) in [6.45, 7) is 8.84. The van der Waals surface area contributed by atoms with Crippen LogP contribution in [0, 0.1) is 0 Å². The molecule has 2 amide bonds. The molecule has 0 saturated carbocycles. The van der Waals surface area contributed by atoms with Crippen molar-refractivity contribution < 1.29 is 9.59 Å². The Hall–Kier alpha value is -1.81. The molecule has 0 radical (unpaired) electrons. The van der Waals surface area contributed by atoms with E-state index in [1.54, 1.807) is 24.3 Å². The number of carbonyl (C=O) groups is 2. The molecule has 0 aromatic heterocycles. The van der Waals surface area contributed by atoms with Gasteiger partial charge in [-0.3, -0.25) is 15.0 Å². The van der Waals surface area contributed by atoms with Crippen molar-refractivity contribution >= 4 is 23.4 Å². The second kappa shape index (κ2) is 5.89. The fraction of sp³-hybridized carbons (Fsp3) is 0.286. The largest absolute Gasteiger partial charge is 0.272 e. The topological polar surface area (TPSA) is 49.4 Å². The number of halogens is 1. The van der Waals surface area contributed by atoms with Crippen molar-refractivity contribution in [3.63, 3.8) is 0 Å². The van der Waals surface area contributed by atoms with Gasteiger partial charge in [0.15, 0.2) is 0 Å². The van der Waals surface area contributed by atoms with Crippen LogP contribution in [0.5, 0.6) is 0 Å². The molecule has 1 aromatic carbocycles. The van der Waals surface area contributed by atoms with Gasteiger partial charge in [-0.1, -0.05) is 18.2 Å². The molecule has 0 aliphatic rings. The van der Waals surface area contributed by atoms with Crippen molar-refractivity contribution in [1.82, 2.24) is 10.4 Å². The average Bonchev–Trinajstić information content (AvgIpc) is 2.34. The maximum atomic E-state index is 12.4. The fourth-order valence-corrected chi connectivity index (χ4v) is 1.53. The SMILES string of the molecule is C=CC(=O)NN(C(=O)c1ccc(Cl)cc1)C(C)(C)C. The lowest BCUT2D eigenvalue weighted by atomic mass is 10.1. The van der Waals surface area contributed by atoms with Crippen LogP contribution in [-0.4, -0.2) is 22.4 Å². The van der Waals surface area contributed by atoms with E-state index in [-0.39, 0.29) is 5.91 Å². The molecule has 0 saturated heterocycles. The molecule has 5 heteroatoms. The normalized spacial score (nSPS) is 10.7. The predicted molar refractivity (Wildman–Crippen MR) is 75.7 cm³/mol. The Labute approximate surface area is 118 Å². The zero-order chi connectivity index (χ0) is 14.6. The number of hydrazine groups is 1. The summed E-state index contributed by atoms with van der Waals surface area (Å²) in [6.07, 6.45) is 1.12. The lowest BCUT2D eigenvalue weighted by Gasteiger charge is -2.35. The van der Waals surface area contributed by atoms with Crippen LogP contribution < -0.4 is 5.43 Å². The highest BCUT2D eigenvalue weighted by molar-refractivity contribution is 6.30. The molecule has 4 nitrogen and oxygen atoms in total. The second-order valence-electron chi connectivity index (χ2n) is 5.00. The number of benzene rings is 1. The van der Waals surface area contributed by atoms with Gasteiger partial charge in [-0.05, 0) is 51.1 Å². The summed E-state index contributed by atoms with van der Waals surface area (Å²) in [5.74, 6) is -0.739. The van der Waals surface area contributed by atoms with Crippen molar-refractivity contribution in [3.8, 4) is 0 Å². The van der Waals surface area contributed by atoms with Gasteiger partial charge in [-0.2, -0.15) is 0 Å². The molecule has 0 spiro atoms. The average molecular weight is 281 g/mol. The third-order valence-electron chi connectivity index (χ3n) is 2.37. The van der Waals surface area contributed by atoms with E-state index in [0.29, 0.717) is 10.6 Å². The van der Waals surface area contributed by atoms with E-state index in [0.717, 1.165) is 6.08 Å². The molecular formula is C14H17ClN2O2. The summed E-state index contributed by atoms with van der Waals surface area (Å²) < 4.78 is 0. The first kappa shape index (κ1) is 15.2. The Kier molecular flexibility index (Phi) is 4.72. The van der Waals surface area contributed by atoms with Gasteiger partial charge in [0.2, 0.25) is 0 Å². The van der Waals surface area contributed by atoms with Gasteiger partial charge in [-0.15, -0.1) is 0 Å². The van der Waals surface area contributed by atoms with Crippen LogP contribution in [0.15, 0.2) is 36.9 Å². The molecule has 0 atom stereocenters. The molecule has 0 unspecified atom stereocenters. The summed E-state index contributed by atoms with van der Waals surface area (Å²) in [7, 11) is 0. The first-order valence-electron chi connectivity index (χ1n) is 5.79. The molecule has 0 fully saturated rings. The summed E-state index contributed by atoms with van der Waals surface area (Å²) >= 11 is 5.78. The molecule has 1 aromatic rings. The molecule has 1 rings (SSSR count). The van der Waals surface area contributed by atoms with Gasteiger partial charge in [0, 0.05) is 10.6 Å². The van der Waals surface area contributed by atoms with Crippen LogP contribution in [0.25, 0.3) is 0 Å². The van der Waals surface area contributed by atoms with E-state index < -0.39 is 11.4 Å². The summed E-state index contributed by atoms with van der Waals surface area (Å²) in [5.41, 5.74) is 2.40. The minimum Gasteiger partial charge on any atom is -0.268 e. The van der Waals surface area contributed by atoms with Crippen LogP contribution in [0.2, 0.25) is 5.02 Å². The maximum Gasteiger partial charge on any atom is 0.272 e. The van der Waals surface area contributed by atoms with E-state index in [2.05, 4.69) is 12.0 Å².